The lowest BCUT2D eigenvalue weighted by atomic mass is 9.82. The fraction of sp³-hybridized carbons (Fsp3) is 0.0588. The number of aromatic nitrogens is 4. The maximum atomic E-state index is 5.53. The van der Waals surface area contributed by atoms with Crippen molar-refractivity contribution in [2.45, 2.75) is 19.3 Å². The standard InChI is InChI=1S/C51H34N4/c1-51(2)42-21-11-8-18-35(42)36-26-25-32(28-43(36)51)48-39-20-9-12-22-44(39)52-50(53-48)55-45-23-13-10-19-37(45)40-29-41-38-27-24-31-14-6-7-17-34(31)49(38)54(46(41)30-47(40)55)33-15-4-3-5-16-33/h3-30H,1-2H3. The van der Waals surface area contributed by atoms with Crippen LogP contribution in [0.3, 0.4) is 0 Å². The minimum Gasteiger partial charge on any atom is -0.309 e. The number of nitrogens with zero attached hydrogens (tertiary/aromatic N) is 4. The largest absolute Gasteiger partial charge is 0.309 e. The summed E-state index contributed by atoms with van der Waals surface area (Å²) in [5.41, 5.74) is 13.8. The molecule has 0 radical (unpaired) electrons. The highest BCUT2D eigenvalue weighted by molar-refractivity contribution is 6.23. The van der Waals surface area contributed by atoms with E-state index in [-0.39, 0.29) is 5.41 Å². The molecule has 4 nitrogen and oxygen atoms in total. The van der Waals surface area contributed by atoms with E-state index in [1.165, 1.54) is 60.1 Å². The summed E-state index contributed by atoms with van der Waals surface area (Å²) in [5.74, 6) is 0.662. The van der Waals surface area contributed by atoms with Crippen LogP contribution in [0.4, 0.5) is 0 Å². The van der Waals surface area contributed by atoms with Crippen molar-refractivity contribution in [3.8, 4) is 34.0 Å². The minimum absolute atomic E-state index is 0.117. The molecule has 0 N–H and O–H groups in total. The Morgan fingerprint density at radius 2 is 1.13 bits per heavy atom. The fourth-order valence-electron chi connectivity index (χ4n) is 9.54. The van der Waals surface area contributed by atoms with E-state index in [0.29, 0.717) is 5.95 Å². The third-order valence-corrected chi connectivity index (χ3v) is 12.1. The molecule has 1 aliphatic rings. The fourth-order valence-corrected chi connectivity index (χ4v) is 9.54. The normalized spacial score (nSPS) is 13.4. The Bertz CT molecular complexity index is 3400. The van der Waals surface area contributed by atoms with E-state index in [2.05, 4.69) is 193 Å². The summed E-state index contributed by atoms with van der Waals surface area (Å²) >= 11 is 0. The molecule has 0 bridgehead atoms. The Balaban J connectivity index is 1.17. The maximum absolute atomic E-state index is 5.53. The molecule has 0 aliphatic heterocycles. The first-order valence-electron chi connectivity index (χ1n) is 19.0. The van der Waals surface area contributed by atoms with Crippen LogP contribution in [0.5, 0.6) is 0 Å². The molecule has 3 aromatic heterocycles. The molecule has 0 amide bonds. The van der Waals surface area contributed by atoms with Gasteiger partial charge in [0, 0.05) is 49.0 Å². The van der Waals surface area contributed by atoms with Crippen molar-refractivity contribution in [2.75, 3.05) is 0 Å². The summed E-state index contributed by atoms with van der Waals surface area (Å²) in [6.07, 6.45) is 0. The topological polar surface area (TPSA) is 35.6 Å². The summed E-state index contributed by atoms with van der Waals surface area (Å²) < 4.78 is 4.71. The van der Waals surface area contributed by atoms with Crippen molar-refractivity contribution >= 4 is 65.3 Å². The zero-order valence-electron chi connectivity index (χ0n) is 30.5. The molecule has 0 unspecified atom stereocenters. The van der Waals surface area contributed by atoms with Crippen molar-refractivity contribution in [3.05, 3.63) is 181 Å². The lowest BCUT2D eigenvalue weighted by molar-refractivity contribution is 0.660. The van der Waals surface area contributed by atoms with Gasteiger partial charge in [0.15, 0.2) is 0 Å². The lowest BCUT2D eigenvalue weighted by Crippen LogP contribution is -2.15. The quantitative estimate of drug-likeness (QED) is 0.184. The average molecular weight is 703 g/mol. The maximum Gasteiger partial charge on any atom is 0.235 e. The number of rotatable bonds is 3. The van der Waals surface area contributed by atoms with Crippen LogP contribution in [0.15, 0.2) is 170 Å². The van der Waals surface area contributed by atoms with E-state index in [1.54, 1.807) is 0 Å². The van der Waals surface area contributed by atoms with Gasteiger partial charge in [-0.15, -0.1) is 0 Å². The summed E-state index contributed by atoms with van der Waals surface area (Å²) in [4.78, 5) is 10.9. The Kier molecular flexibility index (Phi) is 6.09. The van der Waals surface area contributed by atoms with Crippen LogP contribution < -0.4 is 0 Å². The molecular weight excluding hydrogens is 669 g/mol. The Hall–Kier alpha value is -7.04. The predicted molar refractivity (Wildman–Crippen MR) is 229 cm³/mol. The third-order valence-electron chi connectivity index (χ3n) is 12.1. The van der Waals surface area contributed by atoms with E-state index >= 15 is 0 Å². The van der Waals surface area contributed by atoms with Gasteiger partial charge in [-0.1, -0.05) is 141 Å². The molecule has 3 heterocycles. The third kappa shape index (κ3) is 4.17. The number of hydrogen-bond acceptors (Lipinski definition) is 2. The van der Waals surface area contributed by atoms with Gasteiger partial charge in [0.2, 0.25) is 5.95 Å². The molecule has 0 atom stereocenters. The van der Waals surface area contributed by atoms with Gasteiger partial charge in [-0.05, 0) is 70.1 Å². The number of benzene rings is 8. The number of fused-ring (bicyclic) bond motifs is 12. The van der Waals surface area contributed by atoms with Crippen LogP contribution in [0.25, 0.3) is 99.3 Å². The van der Waals surface area contributed by atoms with Gasteiger partial charge in [0.05, 0.1) is 33.3 Å². The van der Waals surface area contributed by atoms with E-state index in [1.807, 2.05) is 0 Å². The summed E-state index contributed by atoms with van der Waals surface area (Å²) in [7, 11) is 0. The van der Waals surface area contributed by atoms with E-state index in [9.17, 15) is 0 Å². The van der Waals surface area contributed by atoms with E-state index in [0.717, 1.165) is 44.4 Å². The Morgan fingerprint density at radius 3 is 2.02 bits per heavy atom. The number of para-hydroxylation sites is 3. The van der Waals surface area contributed by atoms with Crippen molar-refractivity contribution < 1.29 is 0 Å². The Morgan fingerprint density at radius 1 is 0.436 bits per heavy atom. The second kappa shape index (κ2) is 11.0. The second-order valence-electron chi connectivity index (χ2n) is 15.4. The van der Waals surface area contributed by atoms with Crippen molar-refractivity contribution in [1.29, 1.82) is 0 Å². The van der Waals surface area contributed by atoms with Crippen LogP contribution >= 0.6 is 0 Å². The summed E-state index contributed by atoms with van der Waals surface area (Å²) in [6, 6.07) is 61.6. The van der Waals surface area contributed by atoms with E-state index < -0.39 is 0 Å². The van der Waals surface area contributed by atoms with Crippen LogP contribution in [-0.2, 0) is 5.41 Å². The molecule has 1 aliphatic carbocycles. The molecule has 0 saturated carbocycles. The molecule has 55 heavy (non-hydrogen) atoms. The zero-order valence-corrected chi connectivity index (χ0v) is 30.5. The molecular formula is C51H34N4. The molecule has 0 saturated heterocycles. The molecule has 11 aromatic rings. The molecule has 8 aromatic carbocycles. The first kappa shape index (κ1) is 30.4. The molecule has 0 fully saturated rings. The van der Waals surface area contributed by atoms with Gasteiger partial charge < -0.3 is 4.57 Å². The van der Waals surface area contributed by atoms with Gasteiger partial charge >= 0.3 is 0 Å². The smallest absolute Gasteiger partial charge is 0.235 e. The monoisotopic (exact) mass is 702 g/mol. The molecule has 258 valence electrons. The first-order chi connectivity index (χ1) is 27.0. The van der Waals surface area contributed by atoms with Crippen molar-refractivity contribution in [3.63, 3.8) is 0 Å². The molecule has 0 spiro atoms. The average Bonchev–Trinajstić information content (AvgIpc) is 3.82. The highest BCUT2D eigenvalue weighted by atomic mass is 15.2. The number of hydrogen-bond donors (Lipinski definition) is 0. The SMILES string of the molecule is CC1(C)c2ccccc2-c2ccc(-c3nc(-n4c5ccccc5c5cc6c7ccc8ccccc8c7n(-c7ccccc7)c6cc54)nc4ccccc34)cc21. The second-order valence-corrected chi connectivity index (χ2v) is 15.4. The predicted octanol–water partition coefficient (Wildman–Crippen LogP) is 13.0. The Labute approximate surface area is 317 Å². The van der Waals surface area contributed by atoms with Gasteiger partial charge in [-0.25, -0.2) is 9.97 Å². The molecule has 12 rings (SSSR count). The van der Waals surface area contributed by atoms with Gasteiger partial charge in [-0.2, -0.15) is 0 Å². The van der Waals surface area contributed by atoms with Gasteiger partial charge in [-0.3, -0.25) is 4.57 Å². The zero-order chi connectivity index (χ0) is 36.4. The van der Waals surface area contributed by atoms with Crippen LogP contribution in [0, 0.1) is 0 Å². The summed E-state index contributed by atoms with van der Waals surface area (Å²) in [5, 5.41) is 8.32. The van der Waals surface area contributed by atoms with Crippen LogP contribution in [0.2, 0.25) is 0 Å². The van der Waals surface area contributed by atoms with Crippen LogP contribution in [0.1, 0.15) is 25.0 Å². The highest BCUT2D eigenvalue weighted by Gasteiger charge is 2.35. The van der Waals surface area contributed by atoms with Gasteiger partial charge in [0.1, 0.15) is 0 Å². The summed E-state index contributed by atoms with van der Waals surface area (Å²) in [6.45, 7) is 4.67. The van der Waals surface area contributed by atoms with Gasteiger partial charge in [0.25, 0.3) is 0 Å². The van der Waals surface area contributed by atoms with Crippen molar-refractivity contribution in [1.82, 2.24) is 19.1 Å². The van der Waals surface area contributed by atoms with Crippen molar-refractivity contribution in [2.24, 2.45) is 0 Å². The first-order valence-corrected chi connectivity index (χ1v) is 19.0. The van der Waals surface area contributed by atoms with Crippen LogP contribution in [-0.4, -0.2) is 19.1 Å². The lowest BCUT2D eigenvalue weighted by Gasteiger charge is -2.22. The van der Waals surface area contributed by atoms with E-state index in [4.69, 9.17) is 9.97 Å². The highest BCUT2D eigenvalue weighted by Crippen LogP contribution is 2.50. The minimum atomic E-state index is -0.117. The molecule has 4 heteroatoms.